The fourth-order valence-corrected chi connectivity index (χ4v) is 9.89. The largest absolute Gasteiger partial charge is 0.449 e. The molecule has 0 aromatic heterocycles. The van der Waals surface area contributed by atoms with E-state index in [2.05, 4.69) is 0 Å². The minimum Gasteiger partial charge on any atom is -0.449 e. The molecule has 0 spiro atoms. The summed E-state index contributed by atoms with van der Waals surface area (Å²) < 4.78 is 39.6. The Morgan fingerprint density at radius 1 is 1.21 bits per heavy atom. The van der Waals surface area contributed by atoms with E-state index in [1.807, 2.05) is 6.07 Å². The molecule has 212 valence electrons. The Morgan fingerprint density at radius 2 is 1.90 bits per heavy atom. The molecule has 0 amide bonds. The summed E-state index contributed by atoms with van der Waals surface area (Å²) >= 11 is 0.783. The van der Waals surface area contributed by atoms with Crippen LogP contribution in [-0.2, 0) is 19.1 Å². The molecule has 4 saturated carbocycles. The summed E-state index contributed by atoms with van der Waals surface area (Å²) in [7, 11) is 0. The maximum absolute atomic E-state index is 17.5. The first-order valence-electron chi connectivity index (χ1n) is 14.1. The summed E-state index contributed by atoms with van der Waals surface area (Å²) in [6.07, 6.45) is 4.64. The van der Waals surface area contributed by atoms with Crippen molar-refractivity contribution < 1.29 is 33.0 Å². The molecule has 0 aromatic carbocycles. The first kappa shape index (κ1) is 28.5. The summed E-state index contributed by atoms with van der Waals surface area (Å²) in [5.41, 5.74) is -6.64. The lowest BCUT2D eigenvalue weighted by Gasteiger charge is -2.63. The van der Waals surface area contributed by atoms with Gasteiger partial charge in [0.2, 0.25) is 5.12 Å². The Morgan fingerprint density at radius 3 is 2.56 bits per heavy atom. The van der Waals surface area contributed by atoms with E-state index in [4.69, 9.17) is 4.74 Å². The molecule has 9 heteroatoms. The molecule has 0 bridgehead atoms. The van der Waals surface area contributed by atoms with E-state index in [0.717, 1.165) is 37.1 Å². The zero-order valence-electron chi connectivity index (χ0n) is 22.8. The number of hydrogen-bond acceptors (Lipinski definition) is 7. The molecule has 4 fully saturated rings. The second-order valence-corrected chi connectivity index (χ2v) is 13.7. The number of ether oxygens (including phenoxy) is 1. The van der Waals surface area contributed by atoms with Gasteiger partial charge in [-0.3, -0.25) is 14.4 Å². The van der Waals surface area contributed by atoms with E-state index >= 15 is 8.78 Å². The number of halogens is 2. The third-order valence-corrected chi connectivity index (χ3v) is 11.8. The van der Waals surface area contributed by atoms with Gasteiger partial charge in [0.15, 0.2) is 17.1 Å². The molecular formula is C30H37F2NO5S. The van der Waals surface area contributed by atoms with Crippen molar-refractivity contribution in [3.63, 3.8) is 0 Å². The molecule has 0 unspecified atom stereocenters. The van der Waals surface area contributed by atoms with Crippen molar-refractivity contribution in [3.8, 4) is 6.07 Å². The molecule has 0 aliphatic heterocycles. The van der Waals surface area contributed by atoms with E-state index in [9.17, 15) is 24.8 Å². The monoisotopic (exact) mass is 561 g/mol. The van der Waals surface area contributed by atoms with Gasteiger partial charge in [-0.2, -0.15) is 5.26 Å². The number of ketones is 1. The van der Waals surface area contributed by atoms with Gasteiger partial charge in [0, 0.05) is 22.7 Å². The quantitative estimate of drug-likeness (QED) is 0.471. The minimum atomic E-state index is -2.28. The number of fused-ring (bicyclic) bond motifs is 5. The SMILES string of the molecule is C[C@@H]1C[C@H]2[C@@H]3C[C@H](F)C4=CC(=O)C=C[C@]4(C)[C@@]3(F)[C@@H](O)C[C@]2(C)[C@@]1(OC(=O)C1CCCCC1)C(=O)SCC#N. The maximum atomic E-state index is 17.5. The summed E-state index contributed by atoms with van der Waals surface area (Å²) in [6.45, 7) is 5.11. The number of esters is 1. The van der Waals surface area contributed by atoms with Gasteiger partial charge in [-0.05, 0) is 62.7 Å². The van der Waals surface area contributed by atoms with Crippen LogP contribution in [0.5, 0.6) is 0 Å². The first-order valence-corrected chi connectivity index (χ1v) is 15.1. The molecule has 9 atom stereocenters. The number of thioether (sulfide) groups is 1. The van der Waals surface area contributed by atoms with Gasteiger partial charge < -0.3 is 9.84 Å². The molecule has 0 aromatic rings. The molecular weight excluding hydrogens is 524 g/mol. The van der Waals surface area contributed by atoms with Gasteiger partial charge in [0.05, 0.1) is 23.8 Å². The second kappa shape index (κ2) is 9.80. The van der Waals surface area contributed by atoms with Crippen LogP contribution in [0.3, 0.4) is 0 Å². The average molecular weight is 562 g/mol. The number of nitrogens with zero attached hydrogens (tertiary/aromatic N) is 1. The minimum absolute atomic E-state index is 0.0399. The zero-order valence-corrected chi connectivity index (χ0v) is 23.6. The fraction of sp³-hybridized carbons (Fsp3) is 0.733. The fourth-order valence-electron chi connectivity index (χ4n) is 9.00. The number of carbonyl (C=O) groups is 3. The Balaban J connectivity index is 1.60. The van der Waals surface area contributed by atoms with Crippen molar-refractivity contribution in [1.29, 1.82) is 5.26 Å². The van der Waals surface area contributed by atoms with Crippen LogP contribution in [0.1, 0.15) is 72.1 Å². The number of alkyl halides is 2. The van der Waals surface area contributed by atoms with Crippen molar-refractivity contribution in [1.82, 2.24) is 0 Å². The molecule has 0 saturated heterocycles. The first-order chi connectivity index (χ1) is 18.4. The van der Waals surface area contributed by atoms with Crippen LogP contribution in [0.25, 0.3) is 0 Å². The highest BCUT2D eigenvalue weighted by atomic mass is 32.2. The highest BCUT2D eigenvalue weighted by Gasteiger charge is 2.78. The Bertz CT molecular complexity index is 1180. The number of carbonyl (C=O) groups excluding carboxylic acids is 3. The molecule has 5 aliphatic rings. The lowest BCUT2D eigenvalue weighted by Crippen LogP contribution is -2.70. The Hall–Kier alpha value is -2.05. The van der Waals surface area contributed by atoms with E-state index < -0.39 is 69.0 Å². The van der Waals surface area contributed by atoms with E-state index in [0.29, 0.717) is 19.3 Å². The van der Waals surface area contributed by atoms with Gasteiger partial charge in [-0.15, -0.1) is 0 Å². The number of aliphatic hydroxyl groups excluding tert-OH is 1. The normalized spacial score (nSPS) is 45.4. The Kier molecular flexibility index (Phi) is 7.15. The average Bonchev–Trinajstić information content (AvgIpc) is 3.12. The second-order valence-electron chi connectivity index (χ2n) is 12.7. The van der Waals surface area contributed by atoms with Crippen molar-refractivity contribution in [3.05, 3.63) is 23.8 Å². The lowest BCUT2D eigenvalue weighted by molar-refractivity contribution is -0.230. The highest BCUT2D eigenvalue weighted by molar-refractivity contribution is 8.14. The highest BCUT2D eigenvalue weighted by Crippen LogP contribution is 2.72. The van der Waals surface area contributed by atoms with Gasteiger partial charge in [0.25, 0.3) is 0 Å². The molecule has 6 nitrogen and oxygen atoms in total. The van der Waals surface area contributed by atoms with E-state index in [1.54, 1.807) is 13.8 Å². The van der Waals surface area contributed by atoms with Crippen LogP contribution < -0.4 is 0 Å². The summed E-state index contributed by atoms with van der Waals surface area (Å²) in [5, 5.41) is 20.4. The number of allylic oxidation sites excluding steroid dienone is 4. The van der Waals surface area contributed by atoms with E-state index in [-0.39, 0.29) is 30.1 Å². The summed E-state index contributed by atoms with van der Waals surface area (Å²) in [4.78, 5) is 39.6. The van der Waals surface area contributed by atoms with Crippen LogP contribution in [0.4, 0.5) is 8.78 Å². The van der Waals surface area contributed by atoms with Crippen LogP contribution in [0, 0.1) is 45.8 Å². The Labute approximate surface area is 232 Å². The maximum Gasteiger partial charge on any atom is 0.309 e. The van der Waals surface area contributed by atoms with Gasteiger partial charge in [-0.1, -0.05) is 50.9 Å². The number of hydrogen-bond donors (Lipinski definition) is 1. The lowest BCUT2D eigenvalue weighted by atomic mass is 9.44. The van der Waals surface area contributed by atoms with Crippen molar-refractivity contribution in [2.24, 2.45) is 34.5 Å². The zero-order chi connectivity index (χ0) is 28.4. The van der Waals surface area contributed by atoms with Crippen LogP contribution in [0.15, 0.2) is 23.8 Å². The van der Waals surface area contributed by atoms with Crippen molar-refractivity contribution >= 4 is 28.6 Å². The third-order valence-electron chi connectivity index (χ3n) is 10.9. The molecule has 1 N–H and O–H groups in total. The van der Waals surface area contributed by atoms with Crippen LogP contribution >= 0.6 is 11.8 Å². The predicted molar refractivity (Wildman–Crippen MR) is 142 cm³/mol. The van der Waals surface area contributed by atoms with Gasteiger partial charge in [0.1, 0.15) is 6.17 Å². The van der Waals surface area contributed by atoms with Crippen molar-refractivity contribution in [2.75, 3.05) is 5.75 Å². The molecule has 39 heavy (non-hydrogen) atoms. The molecule has 5 aliphatic carbocycles. The predicted octanol–water partition coefficient (Wildman–Crippen LogP) is 5.20. The van der Waals surface area contributed by atoms with Crippen molar-refractivity contribution in [2.45, 2.75) is 95.7 Å². The molecule has 0 heterocycles. The molecule has 5 rings (SSSR count). The number of nitriles is 1. The number of rotatable bonds is 4. The standard InChI is InChI=1S/C30H37F2NO5S/c1-17-13-20-21-15-23(31)22-14-19(34)9-10-27(22,2)29(21,32)24(35)16-28(20,3)30(17,26(37)39-12-11-33)38-25(36)18-7-5-4-6-8-18/h9-10,14,17-18,20-21,23-24,35H,4-8,12-13,15-16H2,1-3H3/t17-,20+,21+,23+,24+,27+,28+,29+,30+/m1/s1. The van der Waals surface area contributed by atoms with Crippen LogP contribution in [0.2, 0.25) is 0 Å². The third kappa shape index (κ3) is 3.83. The van der Waals surface area contributed by atoms with Crippen LogP contribution in [-0.4, -0.2) is 51.3 Å². The number of aliphatic hydroxyl groups is 1. The molecule has 0 radical (unpaired) electrons. The van der Waals surface area contributed by atoms with Gasteiger partial charge in [-0.25, -0.2) is 8.78 Å². The summed E-state index contributed by atoms with van der Waals surface area (Å²) in [6, 6.07) is 1.96. The smallest absolute Gasteiger partial charge is 0.309 e. The summed E-state index contributed by atoms with van der Waals surface area (Å²) in [5.74, 6) is -3.42. The topological polar surface area (TPSA) is 104 Å². The van der Waals surface area contributed by atoms with Gasteiger partial charge >= 0.3 is 5.97 Å². The van der Waals surface area contributed by atoms with E-state index in [1.165, 1.54) is 19.1 Å².